The van der Waals surface area contributed by atoms with Crippen molar-refractivity contribution in [1.82, 2.24) is 10.6 Å². The van der Waals surface area contributed by atoms with Crippen LogP contribution < -0.4 is 10.6 Å². The molecule has 0 heterocycles. The van der Waals surface area contributed by atoms with E-state index in [0.717, 1.165) is 0 Å². The Morgan fingerprint density at radius 3 is 2.38 bits per heavy atom. The number of carbonyl (C=O) groups is 1. The molecule has 0 radical (unpaired) electrons. The van der Waals surface area contributed by atoms with Gasteiger partial charge in [0, 0.05) is 24.0 Å². The van der Waals surface area contributed by atoms with Crippen LogP contribution in [0.25, 0.3) is 0 Å². The lowest BCUT2D eigenvalue weighted by atomic mass is 10.1. The Balaban J connectivity index is 0.00000400. The van der Waals surface area contributed by atoms with Gasteiger partial charge >= 0.3 is 0 Å². The van der Waals surface area contributed by atoms with E-state index in [9.17, 15) is 13.2 Å². The minimum absolute atomic E-state index is 0. The largest absolute Gasteiger partial charge is 0.355 e. The van der Waals surface area contributed by atoms with Gasteiger partial charge in [-0.1, -0.05) is 18.5 Å². The molecule has 5 nitrogen and oxygen atoms in total. The highest BCUT2D eigenvalue weighted by Gasteiger charge is 2.16. The predicted molar refractivity (Wildman–Crippen MR) is 86.9 cm³/mol. The number of benzene rings is 1. The van der Waals surface area contributed by atoms with Crippen LogP contribution in [0.15, 0.2) is 29.2 Å². The van der Waals surface area contributed by atoms with E-state index in [-0.39, 0.29) is 41.4 Å². The highest BCUT2D eigenvalue weighted by molar-refractivity contribution is 7.91. The second kappa shape index (κ2) is 9.25. The third kappa shape index (κ3) is 6.65. The maximum absolute atomic E-state index is 12.0. The van der Waals surface area contributed by atoms with Crippen LogP contribution >= 0.6 is 24.0 Å². The summed E-state index contributed by atoms with van der Waals surface area (Å²) >= 11 is 5.71. The number of nitrogens with one attached hydrogen (secondary N) is 2. The summed E-state index contributed by atoms with van der Waals surface area (Å²) in [5, 5.41) is 6.00. The van der Waals surface area contributed by atoms with E-state index < -0.39 is 9.84 Å². The van der Waals surface area contributed by atoms with Crippen molar-refractivity contribution in [2.75, 3.05) is 25.9 Å². The maximum Gasteiger partial charge on any atom is 0.224 e. The fourth-order valence-corrected chi connectivity index (χ4v) is 2.92. The van der Waals surface area contributed by atoms with Crippen molar-refractivity contribution >= 4 is 39.8 Å². The summed E-state index contributed by atoms with van der Waals surface area (Å²) in [6.45, 7) is 2.42. The summed E-state index contributed by atoms with van der Waals surface area (Å²) in [5.74, 6) is -0.490. The van der Waals surface area contributed by atoms with Gasteiger partial charge in [0.1, 0.15) is 0 Å². The SMILES string of the molecule is CNCC(C)C(=O)NCCS(=O)(=O)c1ccc(Cl)cc1.Cl. The van der Waals surface area contributed by atoms with E-state index in [2.05, 4.69) is 10.6 Å². The van der Waals surface area contributed by atoms with Gasteiger partial charge in [-0.3, -0.25) is 4.79 Å². The minimum atomic E-state index is -3.40. The summed E-state index contributed by atoms with van der Waals surface area (Å²) < 4.78 is 24.0. The Bertz CT molecular complexity index is 547. The molecular formula is C13H20Cl2N2O3S. The van der Waals surface area contributed by atoms with Crippen molar-refractivity contribution < 1.29 is 13.2 Å². The fraction of sp³-hybridized carbons (Fsp3) is 0.462. The quantitative estimate of drug-likeness (QED) is 0.778. The summed E-state index contributed by atoms with van der Waals surface area (Å²) in [4.78, 5) is 11.8. The molecule has 0 aliphatic rings. The van der Waals surface area contributed by atoms with Gasteiger partial charge < -0.3 is 10.6 Å². The summed E-state index contributed by atoms with van der Waals surface area (Å²) in [5.41, 5.74) is 0. The molecule has 1 unspecified atom stereocenters. The lowest BCUT2D eigenvalue weighted by molar-refractivity contribution is -0.124. The number of hydrogen-bond acceptors (Lipinski definition) is 4. The third-order valence-corrected chi connectivity index (χ3v) is 4.78. The second-order valence-corrected chi connectivity index (χ2v) is 7.07. The molecule has 120 valence electrons. The van der Waals surface area contributed by atoms with Gasteiger partial charge in [-0.05, 0) is 31.3 Å². The van der Waals surface area contributed by atoms with Crippen molar-refractivity contribution in [1.29, 1.82) is 0 Å². The van der Waals surface area contributed by atoms with Crippen molar-refractivity contribution in [3.63, 3.8) is 0 Å². The Hall–Kier alpha value is -0.820. The Labute approximate surface area is 136 Å². The predicted octanol–water partition coefficient (Wildman–Crippen LogP) is 1.51. The van der Waals surface area contributed by atoms with Crippen LogP contribution in [-0.4, -0.2) is 40.2 Å². The van der Waals surface area contributed by atoms with Gasteiger partial charge in [0.05, 0.1) is 10.6 Å². The summed E-state index contributed by atoms with van der Waals surface area (Å²) in [6.07, 6.45) is 0. The second-order valence-electron chi connectivity index (χ2n) is 4.52. The highest BCUT2D eigenvalue weighted by atomic mass is 35.5. The Kier molecular flexibility index (Phi) is 8.89. The van der Waals surface area contributed by atoms with Crippen LogP contribution in [0.5, 0.6) is 0 Å². The first-order chi connectivity index (χ1) is 9.36. The summed E-state index contributed by atoms with van der Waals surface area (Å²) in [7, 11) is -1.64. The van der Waals surface area contributed by atoms with Crippen molar-refractivity contribution in [3.05, 3.63) is 29.3 Å². The standard InChI is InChI=1S/C13H19ClN2O3S.ClH/c1-10(9-15-2)13(17)16-7-8-20(18,19)12-5-3-11(14)4-6-12;/h3-6,10,15H,7-9H2,1-2H3,(H,16,17);1H. The first-order valence-corrected chi connectivity index (χ1v) is 8.30. The van der Waals surface area contributed by atoms with E-state index in [1.54, 1.807) is 14.0 Å². The van der Waals surface area contributed by atoms with Gasteiger partial charge in [0.25, 0.3) is 0 Å². The van der Waals surface area contributed by atoms with E-state index in [1.807, 2.05) is 0 Å². The monoisotopic (exact) mass is 354 g/mol. The molecule has 1 aromatic carbocycles. The molecule has 0 saturated carbocycles. The van der Waals surface area contributed by atoms with E-state index in [0.29, 0.717) is 11.6 Å². The molecule has 0 saturated heterocycles. The van der Waals surface area contributed by atoms with Gasteiger partial charge in [0.15, 0.2) is 9.84 Å². The lowest BCUT2D eigenvalue weighted by Crippen LogP contribution is -2.36. The van der Waals surface area contributed by atoms with Gasteiger partial charge in [-0.2, -0.15) is 0 Å². The number of sulfone groups is 1. The first kappa shape index (κ1) is 20.2. The normalized spacial score (nSPS) is 12.3. The topological polar surface area (TPSA) is 75.3 Å². The van der Waals surface area contributed by atoms with E-state index in [1.165, 1.54) is 24.3 Å². The average Bonchev–Trinajstić information content (AvgIpc) is 2.39. The molecular weight excluding hydrogens is 335 g/mol. The van der Waals surface area contributed by atoms with Crippen LogP contribution in [0, 0.1) is 5.92 Å². The van der Waals surface area contributed by atoms with Crippen LogP contribution in [0.4, 0.5) is 0 Å². The molecule has 2 N–H and O–H groups in total. The number of carbonyl (C=O) groups excluding carboxylic acids is 1. The summed E-state index contributed by atoms with van der Waals surface area (Å²) in [6, 6.07) is 5.98. The molecule has 21 heavy (non-hydrogen) atoms. The zero-order chi connectivity index (χ0) is 15.2. The van der Waals surface area contributed by atoms with Crippen molar-refractivity contribution in [2.45, 2.75) is 11.8 Å². The molecule has 0 aliphatic heterocycles. The van der Waals surface area contributed by atoms with Crippen LogP contribution in [0.3, 0.4) is 0 Å². The third-order valence-electron chi connectivity index (χ3n) is 2.80. The number of amides is 1. The van der Waals surface area contributed by atoms with Crippen LogP contribution in [0.2, 0.25) is 5.02 Å². The Morgan fingerprint density at radius 2 is 1.86 bits per heavy atom. The first-order valence-electron chi connectivity index (χ1n) is 6.27. The smallest absolute Gasteiger partial charge is 0.224 e. The Morgan fingerprint density at radius 1 is 1.29 bits per heavy atom. The van der Waals surface area contributed by atoms with Gasteiger partial charge in [-0.25, -0.2) is 8.42 Å². The number of halogens is 2. The molecule has 8 heteroatoms. The van der Waals surface area contributed by atoms with Crippen molar-refractivity contribution in [3.8, 4) is 0 Å². The molecule has 0 aromatic heterocycles. The van der Waals surface area contributed by atoms with Crippen LogP contribution in [-0.2, 0) is 14.6 Å². The molecule has 1 rings (SSSR count). The average molecular weight is 355 g/mol. The van der Waals surface area contributed by atoms with Crippen LogP contribution in [0.1, 0.15) is 6.92 Å². The molecule has 1 aromatic rings. The number of rotatable bonds is 7. The lowest BCUT2D eigenvalue weighted by Gasteiger charge is -2.11. The molecule has 0 aliphatic carbocycles. The van der Waals surface area contributed by atoms with E-state index in [4.69, 9.17) is 11.6 Å². The number of hydrogen-bond donors (Lipinski definition) is 2. The zero-order valence-electron chi connectivity index (χ0n) is 11.9. The molecule has 1 amide bonds. The minimum Gasteiger partial charge on any atom is -0.355 e. The van der Waals surface area contributed by atoms with E-state index >= 15 is 0 Å². The molecule has 1 atom stereocenters. The molecule has 0 fully saturated rings. The zero-order valence-corrected chi connectivity index (χ0v) is 14.3. The maximum atomic E-state index is 12.0. The highest BCUT2D eigenvalue weighted by Crippen LogP contribution is 2.15. The molecule has 0 spiro atoms. The molecule has 0 bridgehead atoms. The van der Waals surface area contributed by atoms with Gasteiger partial charge in [-0.15, -0.1) is 12.4 Å². The fourth-order valence-electron chi connectivity index (χ4n) is 1.64. The van der Waals surface area contributed by atoms with Gasteiger partial charge in [0.2, 0.25) is 5.91 Å². The van der Waals surface area contributed by atoms with Crippen molar-refractivity contribution in [2.24, 2.45) is 5.92 Å².